The molecular formula is C20H14Cl2N2O2S. The predicted molar refractivity (Wildman–Crippen MR) is 111 cm³/mol. The number of pyridine rings is 1. The van der Waals surface area contributed by atoms with Gasteiger partial charge in [0.05, 0.1) is 17.5 Å². The van der Waals surface area contributed by atoms with Crippen molar-refractivity contribution < 1.29 is 9.53 Å². The van der Waals surface area contributed by atoms with Gasteiger partial charge in [-0.3, -0.25) is 4.79 Å². The number of hydrogen-bond acceptors (Lipinski definition) is 4. The van der Waals surface area contributed by atoms with Crippen LogP contribution in [0.5, 0.6) is 5.75 Å². The minimum atomic E-state index is -0.147. The van der Waals surface area contributed by atoms with Crippen molar-refractivity contribution in [3.63, 3.8) is 0 Å². The molecule has 0 saturated heterocycles. The second-order valence-electron chi connectivity index (χ2n) is 5.96. The molecule has 0 aliphatic rings. The Hall–Kier alpha value is -2.34. The van der Waals surface area contributed by atoms with E-state index in [-0.39, 0.29) is 5.91 Å². The third-order valence-electron chi connectivity index (χ3n) is 4.16. The number of nitrogens with one attached hydrogen (secondary N) is 1. The second kappa shape index (κ2) is 7.35. The third kappa shape index (κ3) is 3.58. The zero-order valence-electron chi connectivity index (χ0n) is 14.3. The van der Waals surface area contributed by atoms with Gasteiger partial charge < -0.3 is 10.1 Å². The number of fused-ring (bicyclic) bond motifs is 2. The fraction of sp³-hybridized carbons (Fsp3) is 0.100. The summed E-state index contributed by atoms with van der Waals surface area (Å²) in [5, 5.41) is 5.83. The standard InChI is InChI=1S/C20H14Cl2N2O2S/c1-26-15-6-5-12-8-13-9-16(27-20(13)24-18(12)17(15)22)19(25)23-10-11-3-2-4-14(21)7-11/h2-9H,10H2,1H3,(H,23,25). The first-order valence-electron chi connectivity index (χ1n) is 8.14. The van der Waals surface area contributed by atoms with E-state index in [4.69, 9.17) is 27.9 Å². The van der Waals surface area contributed by atoms with Crippen molar-refractivity contribution in [2.24, 2.45) is 0 Å². The summed E-state index contributed by atoms with van der Waals surface area (Å²) >= 11 is 13.7. The summed E-state index contributed by atoms with van der Waals surface area (Å²) < 4.78 is 5.25. The van der Waals surface area contributed by atoms with E-state index >= 15 is 0 Å². The van der Waals surface area contributed by atoms with Crippen LogP contribution in [0.2, 0.25) is 10.0 Å². The van der Waals surface area contributed by atoms with Crippen LogP contribution < -0.4 is 10.1 Å². The van der Waals surface area contributed by atoms with E-state index in [1.165, 1.54) is 11.3 Å². The molecule has 136 valence electrons. The summed E-state index contributed by atoms with van der Waals surface area (Å²) in [5.41, 5.74) is 1.61. The average molecular weight is 417 g/mol. The van der Waals surface area contributed by atoms with Crippen molar-refractivity contribution in [3.8, 4) is 5.75 Å². The molecule has 0 radical (unpaired) electrons. The molecule has 2 aromatic carbocycles. The van der Waals surface area contributed by atoms with Gasteiger partial charge in [0, 0.05) is 22.3 Å². The number of amides is 1. The molecule has 1 amide bonds. The Morgan fingerprint density at radius 3 is 2.78 bits per heavy atom. The molecule has 2 heterocycles. The number of hydrogen-bond donors (Lipinski definition) is 1. The lowest BCUT2D eigenvalue weighted by Crippen LogP contribution is -2.21. The molecule has 0 saturated carbocycles. The highest BCUT2D eigenvalue weighted by Gasteiger charge is 2.14. The molecule has 2 aromatic heterocycles. The van der Waals surface area contributed by atoms with E-state index in [1.54, 1.807) is 13.2 Å². The SMILES string of the molecule is COc1ccc2cc3cc(C(=O)NCc4cccc(Cl)c4)sc3nc2c1Cl. The van der Waals surface area contributed by atoms with Crippen LogP contribution in [-0.2, 0) is 6.54 Å². The van der Waals surface area contributed by atoms with Crippen molar-refractivity contribution >= 4 is 61.6 Å². The van der Waals surface area contributed by atoms with Crippen molar-refractivity contribution in [3.05, 3.63) is 69.0 Å². The number of thiophene rings is 1. The maximum atomic E-state index is 12.5. The van der Waals surface area contributed by atoms with Crippen molar-refractivity contribution in [1.82, 2.24) is 10.3 Å². The van der Waals surface area contributed by atoms with Gasteiger partial charge in [-0.25, -0.2) is 4.98 Å². The fourth-order valence-electron chi connectivity index (χ4n) is 2.83. The maximum absolute atomic E-state index is 12.5. The van der Waals surface area contributed by atoms with E-state index in [0.29, 0.717) is 32.7 Å². The number of ether oxygens (including phenoxy) is 1. The van der Waals surface area contributed by atoms with Crippen molar-refractivity contribution in [2.75, 3.05) is 7.11 Å². The molecule has 27 heavy (non-hydrogen) atoms. The Bertz CT molecular complexity index is 1170. The summed E-state index contributed by atoms with van der Waals surface area (Å²) in [7, 11) is 1.57. The van der Waals surface area contributed by atoms with Crippen LogP contribution in [-0.4, -0.2) is 18.0 Å². The van der Waals surface area contributed by atoms with Gasteiger partial charge >= 0.3 is 0 Å². The number of nitrogens with zero attached hydrogens (tertiary/aromatic N) is 1. The highest BCUT2D eigenvalue weighted by atomic mass is 35.5. The molecule has 0 atom stereocenters. The molecule has 7 heteroatoms. The van der Waals surface area contributed by atoms with Crippen LogP contribution in [0.3, 0.4) is 0 Å². The Morgan fingerprint density at radius 1 is 1.15 bits per heavy atom. The van der Waals surface area contributed by atoms with Gasteiger partial charge in [0.15, 0.2) is 0 Å². The number of rotatable bonds is 4. The van der Waals surface area contributed by atoms with E-state index < -0.39 is 0 Å². The van der Waals surface area contributed by atoms with E-state index in [1.807, 2.05) is 42.5 Å². The quantitative estimate of drug-likeness (QED) is 0.464. The summed E-state index contributed by atoms with van der Waals surface area (Å²) in [6.45, 7) is 0.409. The topological polar surface area (TPSA) is 51.2 Å². The highest BCUT2D eigenvalue weighted by Crippen LogP contribution is 2.35. The minimum absolute atomic E-state index is 0.147. The van der Waals surface area contributed by atoms with Gasteiger partial charge in [0.2, 0.25) is 0 Å². The van der Waals surface area contributed by atoms with Gasteiger partial charge in [-0.2, -0.15) is 0 Å². The minimum Gasteiger partial charge on any atom is -0.495 e. The van der Waals surface area contributed by atoms with E-state index in [2.05, 4.69) is 10.3 Å². The Balaban J connectivity index is 1.63. The Labute approximate surface area is 169 Å². The lowest BCUT2D eigenvalue weighted by molar-refractivity contribution is 0.0955. The largest absolute Gasteiger partial charge is 0.495 e. The first-order chi connectivity index (χ1) is 13.0. The predicted octanol–water partition coefficient (Wildman–Crippen LogP) is 5.69. The molecule has 4 rings (SSSR count). The Morgan fingerprint density at radius 2 is 2.00 bits per heavy atom. The summed E-state index contributed by atoms with van der Waals surface area (Å²) in [4.78, 5) is 18.5. The first-order valence-corrected chi connectivity index (χ1v) is 9.72. The van der Waals surface area contributed by atoms with Crippen LogP contribution in [0.4, 0.5) is 0 Å². The van der Waals surface area contributed by atoms with Crippen LogP contribution in [0.1, 0.15) is 15.2 Å². The zero-order chi connectivity index (χ0) is 19.0. The van der Waals surface area contributed by atoms with Gasteiger partial charge in [-0.15, -0.1) is 11.3 Å². The summed E-state index contributed by atoms with van der Waals surface area (Å²) in [6.07, 6.45) is 0. The lowest BCUT2D eigenvalue weighted by atomic mass is 10.2. The van der Waals surface area contributed by atoms with Gasteiger partial charge in [0.25, 0.3) is 5.91 Å². The van der Waals surface area contributed by atoms with Gasteiger partial charge in [-0.05, 0) is 42.0 Å². The molecule has 0 fully saturated rings. The average Bonchev–Trinajstić information content (AvgIpc) is 3.08. The molecule has 1 N–H and O–H groups in total. The molecule has 0 aliphatic heterocycles. The van der Waals surface area contributed by atoms with Crippen LogP contribution in [0.25, 0.3) is 21.1 Å². The maximum Gasteiger partial charge on any atom is 0.261 e. The van der Waals surface area contributed by atoms with Crippen LogP contribution in [0, 0.1) is 0 Å². The van der Waals surface area contributed by atoms with Crippen LogP contribution in [0.15, 0.2) is 48.5 Å². The normalized spacial score (nSPS) is 11.1. The number of halogens is 2. The fourth-order valence-corrected chi connectivity index (χ4v) is 4.27. The van der Waals surface area contributed by atoms with Crippen molar-refractivity contribution in [1.29, 1.82) is 0 Å². The molecule has 4 nitrogen and oxygen atoms in total. The monoisotopic (exact) mass is 416 g/mol. The molecule has 0 aliphatic carbocycles. The molecule has 0 bridgehead atoms. The van der Waals surface area contributed by atoms with Gasteiger partial charge in [-0.1, -0.05) is 35.3 Å². The number of benzene rings is 2. The van der Waals surface area contributed by atoms with Crippen LogP contribution >= 0.6 is 34.5 Å². The van der Waals surface area contributed by atoms with Crippen molar-refractivity contribution in [2.45, 2.75) is 6.54 Å². The Kier molecular flexibility index (Phi) is 4.91. The molecule has 0 spiro atoms. The summed E-state index contributed by atoms with van der Waals surface area (Å²) in [6, 6.07) is 14.9. The zero-order valence-corrected chi connectivity index (χ0v) is 16.6. The first kappa shape index (κ1) is 18.0. The number of aromatic nitrogens is 1. The number of methoxy groups -OCH3 is 1. The number of carbonyl (C=O) groups is 1. The second-order valence-corrected chi connectivity index (χ2v) is 7.80. The number of carbonyl (C=O) groups excluding carboxylic acids is 1. The molecule has 4 aromatic rings. The van der Waals surface area contributed by atoms with Gasteiger partial charge in [0.1, 0.15) is 15.6 Å². The lowest BCUT2D eigenvalue weighted by Gasteiger charge is -2.05. The summed E-state index contributed by atoms with van der Waals surface area (Å²) in [5.74, 6) is 0.428. The molecule has 0 unspecified atom stereocenters. The van der Waals surface area contributed by atoms with E-state index in [0.717, 1.165) is 21.2 Å². The van der Waals surface area contributed by atoms with E-state index in [9.17, 15) is 4.79 Å². The highest BCUT2D eigenvalue weighted by molar-refractivity contribution is 7.20. The molecular weight excluding hydrogens is 403 g/mol. The third-order valence-corrected chi connectivity index (χ3v) is 5.81. The smallest absolute Gasteiger partial charge is 0.261 e.